The number of imidazole rings is 1. The second-order valence-corrected chi connectivity index (χ2v) is 7.75. The summed E-state index contributed by atoms with van der Waals surface area (Å²) in [7, 11) is -2.39. The lowest BCUT2D eigenvalue weighted by Crippen LogP contribution is -2.36. The van der Waals surface area contributed by atoms with Gasteiger partial charge in [0.2, 0.25) is 0 Å². The molecule has 0 bridgehead atoms. The van der Waals surface area contributed by atoms with Crippen molar-refractivity contribution in [3.8, 4) is 0 Å². The van der Waals surface area contributed by atoms with Gasteiger partial charge in [0.25, 0.3) is 10.0 Å². The Bertz CT molecular complexity index is 943. The van der Waals surface area contributed by atoms with E-state index in [0.717, 1.165) is 12.0 Å². The molecule has 0 unspecified atom stereocenters. The van der Waals surface area contributed by atoms with Crippen molar-refractivity contribution in [2.24, 2.45) is 0 Å². The minimum absolute atomic E-state index is 0.00580. The maximum absolute atomic E-state index is 12.9. The van der Waals surface area contributed by atoms with Crippen molar-refractivity contribution in [1.29, 1.82) is 0 Å². The Morgan fingerprint density at radius 1 is 1.25 bits per heavy atom. The molecule has 2 aromatic heterocycles. The number of carbonyl (C=O) groups is 1. The molecule has 3 heterocycles. The SMILES string of the molecule is COC(=O)c1ccc2c(S(=O)(=O)N3CCC(C)=C(C)C3)ncn2c1. The van der Waals surface area contributed by atoms with Gasteiger partial charge in [-0.05, 0) is 32.4 Å². The molecular formula is C16H19N3O4S. The summed E-state index contributed by atoms with van der Waals surface area (Å²) in [5, 5.41) is 0.00580. The molecule has 8 heteroatoms. The van der Waals surface area contributed by atoms with E-state index in [-0.39, 0.29) is 5.03 Å². The summed E-state index contributed by atoms with van der Waals surface area (Å²) in [6, 6.07) is 3.11. The van der Waals surface area contributed by atoms with Crippen LogP contribution in [-0.4, -0.2) is 48.3 Å². The van der Waals surface area contributed by atoms with Crippen LogP contribution in [0, 0.1) is 0 Å². The molecule has 128 valence electrons. The van der Waals surface area contributed by atoms with E-state index in [0.29, 0.717) is 24.2 Å². The van der Waals surface area contributed by atoms with Gasteiger partial charge < -0.3 is 9.14 Å². The zero-order chi connectivity index (χ0) is 17.5. The van der Waals surface area contributed by atoms with E-state index in [1.165, 1.54) is 40.0 Å². The molecular weight excluding hydrogens is 330 g/mol. The smallest absolute Gasteiger partial charge is 0.339 e. The Balaban J connectivity index is 2.01. The number of hydrogen-bond acceptors (Lipinski definition) is 5. The predicted molar refractivity (Wildman–Crippen MR) is 88.3 cm³/mol. The van der Waals surface area contributed by atoms with Crippen molar-refractivity contribution in [1.82, 2.24) is 13.7 Å². The summed E-state index contributed by atoms with van der Waals surface area (Å²) < 4.78 is 33.5. The van der Waals surface area contributed by atoms with Gasteiger partial charge in [-0.25, -0.2) is 18.2 Å². The first-order valence-corrected chi connectivity index (χ1v) is 8.99. The van der Waals surface area contributed by atoms with Crippen molar-refractivity contribution >= 4 is 21.5 Å². The average Bonchev–Trinajstić information content (AvgIpc) is 3.00. The number of carbonyl (C=O) groups excluding carboxylic acids is 1. The summed E-state index contributed by atoms with van der Waals surface area (Å²) in [6.45, 7) is 4.81. The number of esters is 1. The van der Waals surface area contributed by atoms with Crippen molar-refractivity contribution in [2.75, 3.05) is 20.2 Å². The third-order valence-corrected chi connectivity index (χ3v) is 6.17. The molecule has 3 rings (SSSR count). The number of ether oxygens (including phenoxy) is 1. The van der Waals surface area contributed by atoms with Crippen LogP contribution in [0.3, 0.4) is 0 Å². The standard InChI is InChI=1S/C16H19N3O4S/c1-11-6-7-19(8-12(11)2)24(21,22)15-14-5-4-13(16(20)23-3)9-18(14)10-17-15/h4-5,9-10H,6-8H2,1-3H3. The third-order valence-electron chi connectivity index (χ3n) is 4.38. The Morgan fingerprint density at radius 3 is 2.67 bits per heavy atom. The highest BCUT2D eigenvalue weighted by Crippen LogP contribution is 2.25. The quantitative estimate of drug-likeness (QED) is 0.624. The van der Waals surface area contributed by atoms with Crippen molar-refractivity contribution < 1.29 is 17.9 Å². The fourth-order valence-corrected chi connectivity index (χ4v) is 4.28. The van der Waals surface area contributed by atoms with Gasteiger partial charge in [0, 0.05) is 19.3 Å². The number of rotatable bonds is 3. The first-order valence-electron chi connectivity index (χ1n) is 7.55. The minimum Gasteiger partial charge on any atom is -0.465 e. The highest BCUT2D eigenvalue weighted by Gasteiger charge is 2.31. The van der Waals surface area contributed by atoms with E-state index in [1.807, 2.05) is 13.8 Å². The van der Waals surface area contributed by atoms with E-state index in [4.69, 9.17) is 0 Å². The lowest BCUT2D eigenvalue weighted by atomic mass is 10.1. The fourth-order valence-electron chi connectivity index (χ4n) is 2.72. The molecule has 0 atom stereocenters. The zero-order valence-electron chi connectivity index (χ0n) is 13.8. The largest absolute Gasteiger partial charge is 0.465 e. The second kappa shape index (κ2) is 6.03. The Hall–Kier alpha value is -2.19. The van der Waals surface area contributed by atoms with Crippen LogP contribution in [0.1, 0.15) is 30.6 Å². The number of nitrogens with zero attached hydrogens (tertiary/aromatic N) is 3. The van der Waals surface area contributed by atoms with Crippen LogP contribution < -0.4 is 0 Å². The number of hydrogen-bond donors (Lipinski definition) is 0. The number of methoxy groups -OCH3 is 1. The summed E-state index contributed by atoms with van der Waals surface area (Å²) in [6.07, 6.45) is 3.63. The first-order chi connectivity index (χ1) is 11.3. The van der Waals surface area contributed by atoms with E-state index in [1.54, 1.807) is 6.07 Å². The van der Waals surface area contributed by atoms with Crippen LogP contribution in [0.15, 0.2) is 40.8 Å². The van der Waals surface area contributed by atoms with E-state index < -0.39 is 16.0 Å². The topological polar surface area (TPSA) is 81.0 Å². The van der Waals surface area contributed by atoms with Gasteiger partial charge in [0.15, 0.2) is 5.03 Å². The molecule has 1 aliphatic rings. The highest BCUT2D eigenvalue weighted by atomic mass is 32.2. The maximum atomic E-state index is 12.9. The lowest BCUT2D eigenvalue weighted by Gasteiger charge is -2.27. The molecule has 0 fully saturated rings. The van der Waals surface area contributed by atoms with E-state index >= 15 is 0 Å². The molecule has 0 N–H and O–H groups in total. The van der Waals surface area contributed by atoms with Gasteiger partial charge in [-0.3, -0.25) is 0 Å². The number of pyridine rings is 1. The predicted octanol–water partition coefficient (Wildman–Crippen LogP) is 1.85. The molecule has 0 aliphatic carbocycles. The van der Waals surface area contributed by atoms with Crippen molar-refractivity contribution in [3.63, 3.8) is 0 Å². The molecule has 24 heavy (non-hydrogen) atoms. The molecule has 0 spiro atoms. The van der Waals surface area contributed by atoms with Crippen LogP contribution in [0.25, 0.3) is 5.52 Å². The minimum atomic E-state index is -3.69. The average molecular weight is 349 g/mol. The highest BCUT2D eigenvalue weighted by molar-refractivity contribution is 7.89. The lowest BCUT2D eigenvalue weighted by molar-refractivity contribution is 0.0600. The maximum Gasteiger partial charge on any atom is 0.339 e. The van der Waals surface area contributed by atoms with Crippen LogP contribution in [0.4, 0.5) is 0 Å². The first kappa shape index (κ1) is 16.7. The molecule has 0 saturated heterocycles. The molecule has 0 amide bonds. The Kier molecular flexibility index (Phi) is 4.18. The fraction of sp³-hybridized carbons (Fsp3) is 0.375. The van der Waals surface area contributed by atoms with E-state index in [9.17, 15) is 13.2 Å². The van der Waals surface area contributed by atoms with Crippen molar-refractivity contribution in [3.05, 3.63) is 41.4 Å². The monoisotopic (exact) mass is 349 g/mol. The van der Waals surface area contributed by atoms with Crippen LogP contribution in [0.2, 0.25) is 0 Å². The van der Waals surface area contributed by atoms with Gasteiger partial charge in [-0.1, -0.05) is 11.1 Å². The van der Waals surface area contributed by atoms with Gasteiger partial charge >= 0.3 is 5.97 Å². The summed E-state index contributed by atoms with van der Waals surface area (Å²) in [5.41, 5.74) is 3.07. The molecule has 2 aromatic rings. The summed E-state index contributed by atoms with van der Waals surface area (Å²) in [5.74, 6) is -0.484. The molecule has 0 aromatic carbocycles. The number of aromatic nitrogens is 2. The van der Waals surface area contributed by atoms with Gasteiger partial charge in [-0.2, -0.15) is 4.31 Å². The van der Waals surface area contributed by atoms with Gasteiger partial charge in [-0.15, -0.1) is 0 Å². The molecule has 0 saturated carbocycles. The summed E-state index contributed by atoms with van der Waals surface area (Å²) in [4.78, 5) is 15.7. The van der Waals surface area contributed by atoms with Crippen molar-refractivity contribution in [2.45, 2.75) is 25.3 Å². The van der Waals surface area contributed by atoms with Crippen LogP contribution in [0.5, 0.6) is 0 Å². The number of fused-ring (bicyclic) bond motifs is 1. The van der Waals surface area contributed by atoms with Gasteiger partial charge in [0.05, 0.1) is 18.2 Å². The Morgan fingerprint density at radius 2 is 2.00 bits per heavy atom. The van der Waals surface area contributed by atoms with Gasteiger partial charge in [0.1, 0.15) is 6.33 Å². The molecule has 1 aliphatic heterocycles. The van der Waals surface area contributed by atoms with E-state index in [2.05, 4.69) is 9.72 Å². The molecule has 0 radical (unpaired) electrons. The van der Waals surface area contributed by atoms with Crippen LogP contribution in [-0.2, 0) is 14.8 Å². The second-order valence-electron chi connectivity index (χ2n) is 5.90. The molecule has 7 nitrogen and oxygen atoms in total. The Labute approximate surface area is 140 Å². The van der Waals surface area contributed by atoms with Crippen LogP contribution >= 0.6 is 0 Å². The zero-order valence-corrected chi connectivity index (χ0v) is 14.6. The normalized spacial score (nSPS) is 16.6. The third kappa shape index (κ3) is 2.71. The number of sulfonamides is 1. The summed E-state index contributed by atoms with van der Waals surface area (Å²) >= 11 is 0.